The van der Waals surface area contributed by atoms with E-state index in [9.17, 15) is 20.0 Å². The van der Waals surface area contributed by atoms with E-state index in [-0.39, 0.29) is 12.2 Å². The van der Waals surface area contributed by atoms with Gasteiger partial charge in [0, 0.05) is 12.1 Å². The molecular formula is C13H18N2O5. The van der Waals surface area contributed by atoms with Gasteiger partial charge >= 0.3 is 6.09 Å². The summed E-state index contributed by atoms with van der Waals surface area (Å²) >= 11 is 0. The molecule has 0 unspecified atom stereocenters. The average molecular weight is 282 g/mol. The molecule has 1 atom stereocenters. The summed E-state index contributed by atoms with van der Waals surface area (Å²) in [5.41, 5.74) is -0.185. The van der Waals surface area contributed by atoms with Crippen LogP contribution in [0, 0.1) is 10.1 Å². The number of aliphatic hydroxyl groups excluding tert-OH is 1. The molecule has 2 N–H and O–H groups in total. The Morgan fingerprint density at radius 1 is 1.40 bits per heavy atom. The number of nitrogens with one attached hydrogen (secondary N) is 1. The second-order valence-corrected chi connectivity index (χ2v) is 5.25. The van der Waals surface area contributed by atoms with Crippen molar-refractivity contribution in [3.8, 4) is 0 Å². The third kappa shape index (κ3) is 5.23. The molecule has 7 heteroatoms. The highest BCUT2D eigenvalue weighted by molar-refractivity contribution is 5.67. The maximum absolute atomic E-state index is 11.4. The van der Waals surface area contributed by atoms with Gasteiger partial charge in [0.2, 0.25) is 0 Å². The largest absolute Gasteiger partial charge is 0.444 e. The number of benzene rings is 1. The van der Waals surface area contributed by atoms with Crippen molar-refractivity contribution in [2.45, 2.75) is 32.5 Å². The molecular weight excluding hydrogens is 264 g/mol. The summed E-state index contributed by atoms with van der Waals surface area (Å²) in [4.78, 5) is 21.4. The SMILES string of the molecule is CC(C)(C)OC(=O)NC[C@H](O)c1ccc([N+](=O)[O-])cc1. The minimum Gasteiger partial charge on any atom is -0.444 e. The highest BCUT2D eigenvalue weighted by atomic mass is 16.6. The smallest absolute Gasteiger partial charge is 0.407 e. The number of aliphatic hydroxyl groups is 1. The van der Waals surface area contributed by atoms with Gasteiger partial charge in [-0.1, -0.05) is 0 Å². The van der Waals surface area contributed by atoms with E-state index in [2.05, 4.69) is 5.32 Å². The summed E-state index contributed by atoms with van der Waals surface area (Å²) < 4.78 is 5.02. The van der Waals surface area contributed by atoms with E-state index in [1.165, 1.54) is 24.3 Å². The van der Waals surface area contributed by atoms with Crippen molar-refractivity contribution in [2.75, 3.05) is 6.54 Å². The van der Waals surface area contributed by atoms with Crippen molar-refractivity contribution >= 4 is 11.8 Å². The Balaban J connectivity index is 2.52. The Bertz CT molecular complexity index is 479. The van der Waals surface area contributed by atoms with Gasteiger partial charge in [-0.2, -0.15) is 0 Å². The van der Waals surface area contributed by atoms with Crippen LogP contribution in [0.15, 0.2) is 24.3 Å². The fraction of sp³-hybridized carbons (Fsp3) is 0.462. The highest BCUT2D eigenvalue weighted by Gasteiger charge is 2.17. The third-order valence-corrected chi connectivity index (χ3v) is 2.33. The molecule has 0 fully saturated rings. The molecule has 20 heavy (non-hydrogen) atoms. The quantitative estimate of drug-likeness (QED) is 0.650. The fourth-order valence-corrected chi connectivity index (χ4v) is 1.43. The lowest BCUT2D eigenvalue weighted by Gasteiger charge is -2.20. The average Bonchev–Trinajstić information content (AvgIpc) is 2.34. The highest BCUT2D eigenvalue weighted by Crippen LogP contribution is 2.17. The molecule has 0 aliphatic rings. The van der Waals surface area contributed by atoms with E-state index in [1.54, 1.807) is 20.8 Å². The van der Waals surface area contributed by atoms with E-state index in [0.29, 0.717) is 5.56 Å². The first kappa shape index (κ1) is 15.9. The number of amides is 1. The van der Waals surface area contributed by atoms with Crippen LogP contribution in [-0.2, 0) is 4.74 Å². The molecule has 1 aromatic carbocycles. The minimum absolute atomic E-state index is 0.0350. The van der Waals surface area contributed by atoms with Gasteiger partial charge in [-0.05, 0) is 38.5 Å². The van der Waals surface area contributed by atoms with E-state index < -0.39 is 22.7 Å². The zero-order valence-electron chi connectivity index (χ0n) is 11.6. The fourth-order valence-electron chi connectivity index (χ4n) is 1.43. The topological polar surface area (TPSA) is 102 Å². The van der Waals surface area contributed by atoms with E-state index in [0.717, 1.165) is 0 Å². The van der Waals surface area contributed by atoms with Gasteiger partial charge in [-0.25, -0.2) is 4.79 Å². The standard InChI is InChI=1S/C13H18N2O5/c1-13(2,3)20-12(17)14-8-11(16)9-4-6-10(7-5-9)15(18)19/h4-7,11,16H,8H2,1-3H3,(H,14,17)/t11-/m0/s1. The Morgan fingerprint density at radius 2 is 1.95 bits per heavy atom. The van der Waals surface area contributed by atoms with Crippen molar-refractivity contribution in [2.24, 2.45) is 0 Å². The zero-order valence-corrected chi connectivity index (χ0v) is 11.6. The van der Waals surface area contributed by atoms with Crippen LogP contribution in [0.25, 0.3) is 0 Å². The van der Waals surface area contributed by atoms with Gasteiger partial charge in [0.05, 0.1) is 17.6 Å². The number of nitro benzene ring substituents is 1. The van der Waals surface area contributed by atoms with Gasteiger partial charge in [0.1, 0.15) is 5.60 Å². The number of nitrogens with zero attached hydrogens (tertiary/aromatic N) is 1. The molecule has 0 saturated carbocycles. The number of hydrogen-bond donors (Lipinski definition) is 2. The number of hydrogen-bond acceptors (Lipinski definition) is 5. The van der Waals surface area contributed by atoms with E-state index in [4.69, 9.17) is 4.74 Å². The second kappa shape index (κ2) is 6.33. The minimum atomic E-state index is -0.955. The number of rotatable bonds is 4. The number of alkyl carbamates (subject to hydrolysis) is 1. The van der Waals surface area contributed by atoms with Gasteiger partial charge in [-0.15, -0.1) is 0 Å². The lowest BCUT2D eigenvalue weighted by Crippen LogP contribution is -2.34. The summed E-state index contributed by atoms with van der Waals surface area (Å²) in [7, 11) is 0. The summed E-state index contributed by atoms with van der Waals surface area (Å²) in [5.74, 6) is 0. The van der Waals surface area contributed by atoms with Crippen molar-refractivity contribution in [1.82, 2.24) is 5.32 Å². The molecule has 0 heterocycles. The third-order valence-electron chi connectivity index (χ3n) is 2.33. The monoisotopic (exact) mass is 282 g/mol. The first-order valence-corrected chi connectivity index (χ1v) is 6.08. The summed E-state index contributed by atoms with van der Waals surface area (Å²) in [6.45, 7) is 5.17. The molecule has 0 bridgehead atoms. The van der Waals surface area contributed by atoms with Gasteiger partial charge in [0.15, 0.2) is 0 Å². The molecule has 0 saturated heterocycles. The second-order valence-electron chi connectivity index (χ2n) is 5.25. The Labute approximate surface area is 116 Å². The lowest BCUT2D eigenvalue weighted by atomic mass is 10.1. The maximum atomic E-state index is 11.4. The predicted molar refractivity (Wildman–Crippen MR) is 72.3 cm³/mol. The summed E-state index contributed by atoms with van der Waals surface area (Å²) in [5, 5.41) is 22.8. The number of nitro groups is 1. The number of carbonyl (C=O) groups is 1. The van der Waals surface area contributed by atoms with Crippen LogP contribution >= 0.6 is 0 Å². The molecule has 1 aromatic rings. The van der Waals surface area contributed by atoms with Crippen molar-refractivity contribution in [3.05, 3.63) is 39.9 Å². The normalized spacial score (nSPS) is 12.6. The van der Waals surface area contributed by atoms with E-state index in [1.807, 2.05) is 0 Å². The molecule has 0 radical (unpaired) electrons. The molecule has 1 amide bonds. The van der Waals surface area contributed by atoms with Crippen molar-refractivity contribution in [1.29, 1.82) is 0 Å². The predicted octanol–water partition coefficient (Wildman–Crippen LogP) is 2.15. The van der Waals surface area contributed by atoms with Gasteiger partial charge in [-0.3, -0.25) is 10.1 Å². The zero-order chi connectivity index (χ0) is 15.3. The molecule has 0 aliphatic carbocycles. The Morgan fingerprint density at radius 3 is 2.40 bits per heavy atom. The van der Waals surface area contributed by atoms with Crippen LogP contribution in [0.4, 0.5) is 10.5 Å². The Hall–Kier alpha value is -2.15. The van der Waals surface area contributed by atoms with Crippen LogP contribution in [0.1, 0.15) is 32.4 Å². The van der Waals surface area contributed by atoms with Crippen LogP contribution < -0.4 is 5.32 Å². The lowest BCUT2D eigenvalue weighted by molar-refractivity contribution is -0.384. The molecule has 7 nitrogen and oxygen atoms in total. The summed E-state index contributed by atoms with van der Waals surface area (Å²) in [6, 6.07) is 5.48. The van der Waals surface area contributed by atoms with Crippen LogP contribution in [-0.4, -0.2) is 28.3 Å². The van der Waals surface area contributed by atoms with Gasteiger partial charge < -0.3 is 15.2 Å². The maximum Gasteiger partial charge on any atom is 0.407 e. The Kier molecular flexibility index (Phi) is 5.04. The first-order chi connectivity index (χ1) is 9.19. The molecule has 0 aliphatic heterocycles. The molecule has 1 rings (SSSR count). The number of ether oxygens (including phenoxy) is 1. The molecule has 0 aromatic heterocycles. The van der Waals surface area contributed by atoms with Gasteiger partial charge in [0.25, 0.3) is 5.69 Å². The number of carbonyl (C=O) groups excluding carboxylic acids is 1. The van der Waals surface area contributed by atoms with Crippen molar-refractivity contribution in [3.63, 3.8) is 0 Å². The first-order valence-electron chi connectivity index (χ1n) is 6.08. The van der Waals surface area contributed by atoms with Crippen LogP contribution in [0.3, 0.4) is 0 Å². The number of non-ortho nitro benzene ring substituents is 1. The van der Waals surface area contributed by atoms with E-state index >= 15 is 0 Å². The molecule has 110 valence electrons. The van der Waals surface area contributed by atoms with Crippen LogP contribution in [0.5, 0.6) is 0 Å². The molecule has 0 spiro atoms. The van der Waals surface area contributed by atoms with Crippen molar-refractivity contribution < 1.29 is 19.6 Å². The summed E-state index contributed by atoms with van der Waals surface area (Å²) in [6.07, 6.45) is -1.58. The van der Waals surface area contributed by atoms with Crippen LogP contribution in [0.2, 0.25) is 0 Å².